The van der Waals surface area contributed by atoms with Crippen molar-refractivity contribution in [3.63, 3.8) is 0 Å². The van der Waals surface area contributed by atoms with Crippen LogP contribution in [-0.4, -0.2) is 19.4 Å². The number of benzene rings is 1. The Morgan fingerprint density at radius 3 is 2.62 bits per heavy atom. The van der Waals surface area contributed by atoms with Gasteiger partial charge in [-0.1, -0.05) is 30.3 Å². The Balaban J connectivity index is 1.53. The number of hydrogen-bond donors (Lipinski definition) is 1. The quantitative estimate of drug-likeness (QED) is 0.589. The van der Waals surface area contributed by atoms with E-state index in [0.717, 1.165) is 19.4 Å². The molecule has 88 valence electrons. The normalized spacial score (nSPS) is 24.1. The Kier molecular flexibility index (Phi) is 4.34. The minimum absolute atomic E-state index is 0.365. The number of ether oxygens (including phenoxy) is 2. The van der Waals surface area contributed by atoms with E-state index >= 15 is 0 Å². The molecule has 1 saturated carbocycles. The summed E-state index contributed by atoms with van der Waals surface area (Å²) < 4.78 is 11.0. The fourth-order valence-electron chi connectivity index (χ4n) is 1.88. The zero-order valence-corrected chi connectivity index (χ0v) is 9.47. The molecule has 16 heavy (non-hydrogen) atoms. The Hall–Kier alpha value is -0.900. The highest BCUT2D eigenvalue weighted by atomic mass is 16.7. The van der Waals surface area contributed by atoms with Gasteiger partial charge in [-0.3, -0.25) is 0 Å². The van der Waals surface area contributed by atoms with Crippen LogP contribution < -0.4 is 5.73 Å². The molecule has 1 aromatic carbocycles. The zero-order chi connectivity index (χ0) is 11.2. The molecular weight excluding hydrogens is 202 g/mol. The summed E-state index contributed by atoms with van der Waals surface area (Å²) in [5, 5.41) is 0. The van der Waals surface area contributed by atoms with Crippen LogP contribution in [0.1, 0.15) is 18.4 Å². The van der Waals surface area contributed by atoms with Crippen LogP contribution in [0.25, 0.3) is 0 Å². The molecule has 1 aliphatic rings. The molecule has 0 atom stereocenters. The molecule has 0 bridgehead atoms. The van der Waals surface area contributed by atoms with Crippen molar-refractivity contribution in [1.29, 1.82) is 0 Å². The molecule has 0 radical (unpaired) electrons. The fraction of sp³-hybridized carbons (Fsp3) is 0.538. The topological polar surface area (TPSA) is 44.5 Å². The first-order valence-electron chi connectivity index (χ1n) is 5.82. The predicted molar refractivity (Wildman–Crippen MR) is 62.7 cm³/mol. The van der Waals surface area contributed by atoms with Gasteiger partial charge >= 0.3 is 0 Å². The third-order valence-corrected chi connectivity index (χ3v) is 3.02. The van der Waals surface area contributed by atoms with Crippen LogP contribution in [0.15, 0.2) is 30.3 Å². The Labute approximate surface area is 96.5 Å². The van der Waals surface area contributed by atoms with Gasteiger partial charge in [0.15, 0.2) is 0 Å². The van der Waals surface area contributed by atoms with Crippen molar-refractivity contribution in [3.05, 3.63) is 35.9 Å². The molecule has 0 unspecified atom stereocenters. The van der Waals surface area contributed by atoms with E-state index in [9.17, 15) is 0 Å². The Bertz CT molecular complexity index is 296. The van der Waals surface area contributed by atoms with Gasteiger partial charge in [0, 0.05) is 0 Å². The largest absolute Gasteiger partial charge is 0.352 e. The molecule has 0 saturated heterocycles. The average molecular weight is 221 g/mol. The molecule has 2 rings (SSSR count). The van der Waals surface area contributed by atoms with Crippen LogP contribution in [0.5, 0.6) is 0 Å². The molecule has 3 heteroatoms. The fourth-order valence-corrected chi connectivity index (χ4v) is 1.88. The zero-order valence-electron chi connectivity index (χ0n) is 9.47. The molecule has 0 aromatic heterocycles. The molecule has 1 aromatic rings. The third-order valence-electron chi connectivity index (χ3n) is 3.02. The number of rotatable bonds is 6. The van der Waals surface area contributed by atoms with Crippen molar-refractivity contribution in [3.8, 4) is 0 Å². The van der Waals surface area contributed by atoms with Crippen LogP contribution in [0.3, 0.4) is 0 Å². The van der Waals surface area contributed by atoms with E-state index in [4.69, 9.17) is 15.2 Å². The van der Waals surface area contributed by atoms with E-state index in [-0.39, 0.29) is 0 Å². The summed E-state index contributed by atoms with van der Waals surface area (Å²) in [5.41, 5.74) is 6.72. The van der Waals surface area contributed by atoms with Gasteiger partial charge in [0.05, 0.1) is 12.7 Å². The van der Waals surface area contributed by atoms with Gasteiger partial charge in [-0.2, -0.15) is 0 Å². The van der Waals surface area contributed by atoms with E-state index < -0.39 is 0 Å². The van der Waals surface area contributed by atoms with Crippen molar-refractivity contribution >= 4 is 0 Å². The average Bonchev–Trinajstić information content (AvgIpc) is 2.28. The molecule has 0 spiro atoms. The molecule has 3 nitrogen and oxygen atoms in total. The van der Waals surface area contributed by atoms with E-state index in [1.54, 1.807) is 0 Å². The molecule has 1 aliphatic carbocycles. The lowest BCUT2D eigenvalue weighted by molar-refractivity contribution is -0.129. The second-order valence-electron chi connectivity index (χ2n) is 4.31. The Morgan fingerprint density at radius 1 is 1.19 bits per heavy atom. The lowest BCUT2D eigenvalue weighted by Crippen LogP contribution is -2.36. The van der Waals surface area contributed by atoms with Crippen LogP contribution in [0, 0.1) is 5.92 Å². The summed E-state index contributed by atoms with van der Waals surface area (Å²) in [6.07, 6.45) is 2.54. The van der Waals surface area contributed by atoms with Crippen molar-refractivity contribution < 1.29 is 9.47 Å². The molecular formula is C13H19NO2. The van der Waals surface area contributed by atoms with E-state index in [0.29, 0.717) is 25.4 Å². The summed E-state index contributed by atoms with van der Waals surface area (Å²) in [4.78, 5) is 0. The van der Waals surface area contributed by atoms with Crippen molar-refractivity contribution in [2.75, 3.05) is 13.3 Å². The summed E-state index contributed by atoms with van der Waals surface area (Å²) in [6.45, 7) is 1.79. The van der Waals surface area contributed by atoms with Gasteiger partial charge in [-0.15, -0.1) is 0 Å². The monoisotopic (exact) mass is 221 g/mol. The lowest BCUT2D eigenvalue weighted by Gasteiger charge is -2.33. The maximum atomic E-state index is 5.55. The van der Waals surface area contributed by atoms with Crippen molar-refractivity contribution in [2.24, 2.45) is 11.7 Å². The van der Waals surface area contributed by atoms with E-state index in [1.165, 1.54) is 5.56 Å². The maximum absolute atomic E-state index is 5.55. The number of nitrogens with two attached hydrogens (primary N) is 1. The second kappa shape index (κ2) is 5.99. The second-order valence-corrected chi connectivity index (χ2v) is 4.31. The van der Waals surface area contributed by atoms with Gasteiger partial charge in [0.2, 0.25) is 0 Å². The van der Waals surface area contributed by atoms with Gasteiger partial charge in [-0.05, 0) is 30.9 Å². The maximum Gasteiger partial charge on any atom is 0.147 e. The molecule has 0 amide bonds. The first-order valence-corrected chi connectivity index (χ1v) is 5.82. The van der Waals surface area contributed by atoms with Crippen LogP contribution in [0.4, 0.5) is 0 Å². The van der Waals surface area contributed by atoms with Crippen molar-refractivity contribution in [1.82, 2.24) is 0 Å². The van der Waals surface area contributed by atoms with Crippen LogP contribution >= 0.6 is 0 Å². The smallest absolute Gasteiger partial charge is 0.147 e. The number of hydrogen-bond acceptors (Lipinski definition) is 3. The standard InChI is InChI=1S/C13H19NO2/c14-8-12-6-13(7-12)16-10-15-9-11-4-2-1-3-5-11/h1-5,12-13H,6-10,14H2. The summed E-state index contributed by atoms with van der Waals surface area (Å²) in [6, 6.07) is 10.1. The summed E-state index contributed by atoms with van der Waals surface area (Å²) >= 11 is 0. The van der Waals surface area contributed by atoms with Crippen LogP contribution in [0.2, 0.25) is 0 Å². The first-order chi connectivity index (χ1) is 7.88. The Morgan fingerprint density at radius 2 is 1.94 bits per heavy atom. The van der Waals surface area contributed by atoms with Gasteiger partial charge in [0.25, 0.3) is 0 Å². The predicted octanol–water partition coefficient (Wildman–Crippen LogP) is 1.91. The van der Waals surface area contributed by atoms with Gasteiger partial charge in [0.1, 0.15) is 6.79 Å². The molecule has 1 fully saturated rings. The van der Waals surface area contributed by atoms with E-state index in [1.807, 2.05) is 30.3 Å². The molecule has 0 heterocycles. The van der Waals surface area contributed by atoms with E-state index in [2.05, 4.69) is 0 Å². The lowest BCUT2D eigenvalue weighted by atomic mass is 9.82. The van der Waals surface area contributed by atoms with Gasteiger partial charge < -0.3 is 15.2 Å². The molecule has 2 N–H and O–H groups in total. The molecule has 0 aliphatic heterocycles. The van der Waals surface area contributed by atoms with Crippen molar-refractivity contribution in [2.45, 2.75) is 25.6 Å². The minimum Gasteiger partial charge on any atom is -0.352 e. The highest BCUT2D eigenvalue weighted by Gasteiger charge is 2.28. The third kappa shape index (κ3) is 3.30. The highest BCUT2D eigenvalue weighted by Crippen LogP contribution is 2.28. The van der Waals surface area contributed by atoms with Gasteiger partial charge in [-0.25, -0.2) is 0 Å². The summed E-state index contributed by atoms with van der Waals surface area (Å²) in [5.74, 6) is 0.666. The first kappa shape index (κ1) is 11.6. The minimum atomic E-state index is 0.365. The SMILES string of the molecule is NCC1CC(OCOCc2ccccc2)C1. The summed E-state index contributed by atoms with van der Waals surface area (Å²) in [7, 11) is 0. The highest BCUT2D eigenvalue weighted by molar-refractivity contribution is 5.13. The van der Waals surface area contributed by atoms with Crippen LogP contribution in [-0.2, 0) is 16.1 Å².